The van der Waals surface area contributed by atoms with Crippen LogP contribution in [0.4, 0.5) is 9.18 Å². The second-order valence-electron chi connectivity index (χ2n) is 7.06. The minimum atomic E-state index is -0.649. The normalized spacial score (nSPS) is 12.7. The molecule has 1 heterocycles. The summed E-state index contributed by atoms with van der Waals surface area (Å²) >= 11 is 0. The van der Waals surface area contributed by atoms with Gasteiger partial charge in [0.05, 0.1) is 11.6 Å². The number of hydrogen-bond acceptors (Lipinski definition) is 5. The van der Waals surface area contributed by atoms with Gasteiger partial charge in [0.1, 0.15) is 16.8 Å². The molecule has 2 rings (SSSR count). The Kier molecular flexibility index (Phi) is 5.53. The minimum absolute atomic E-state index is 0.0824. The second-order valence-corrected chi connectivity index (χ2v) is 7.06. The summed E-state index contributed by atoms with van der Waals surface area (Å²) in [5, 5.41) is 4.21. The van der Waals surface area contributed by atoms with E-state index >= 15 is 0 Å². The van der Waals surface area contributed by atoms with E-state index in [1.54, 1.807) is 45.8 Å². The van der Waals surface area contributed by atoms with Crippen molar-refractivity contribution < 1.29 is 13.9 Å². The second kappa shape index (κ2) is 7.31. The number of halogens is 1. The molecule has 2 aromatic rings. The van der Waals surface area contributed by atoms with Crippen molar-refractivity contribution in [3.8, 4) is 0 Å². The Morgan fingerprint density at radius 1 is 1.42 bits per heavy atom. The van der Waals surface area contributed by atoms with E-state index in [1.165, 1.54) is 16.8 Å². The summed E-state index contributed by atoms with van der Waals surface area (Å²) in [5.41, 5.74) is -0.933. The maximum absolute atomic E-state index is 14.2. The summed E-state index contributed by atoms with van der Waals surface area (Å²) in [5.74, 6) is -0.333. The number of hydrogen-bond donors (Lipinski definition) is 1. The van der Waals surface area contributed by atoms with Gasteiger partial charge in [0.25, 0.3) is 5.56 Å². The van der Waals surface area contributed by atoms with Crippen LogP contribution in [0.15, 0.2) is 23.0 Å². The molecule has 0 unspecified atom stereocenters. The van der Waals surface area contributed by atoms with E-state index in [1.807, 2.05) is 6.92 Å². The number of ether oxygens (including phenoxy) is 1. The number of rotatable bonds is 4. The lowest BCUT2D eigenvalue weighted by molar-refractivity contribution is 0.0504. The number of nitrogens with one attached hydrogen (secondary N) is 1. The van der Waals surface area contributed by atoms with Gasteiger partial charge < -0.3 is 15.1 Å². The highest BCUT2D eigenvalue weighted by Gasteiger charge is 2.24. The van der Waals surface area contributed by atoms with Gasteiger partial charge in [-0.1, -0.05) is 6.07 Å². The molecule has 142 valence electrons. The predicted molar refractivity (Wildman–Crippen MR) is 98.4 cm³/mol. The Morgan fingerprint density at radius 3 is 2.65 bits per heavy atom. The average molecular weight is 364 g/mol. The molecule has 0 aliphatic carbocycles. The van der Waals surface area contributed by atoms with Crippen LogP contribution in [-0.2, 0) is 4.74 Å². The zero-order valence-electron chi connectivity index (χ0n) is 16.0. The molecular formula is C18H25FN4O3. The number of fused-ring (bicyclic) bond motifs is 1. The van der Waals surface area contributed by atoms with Gasteiger partial charge in [-0.2, -0.15) is 0 Å². The van der Waals surface area contributed by atoms with Crippen molar-refractivity contribution in [2.24, 2.45) is 0 Å². The topological polar surface area (TPSA) is 76.5 Å². The zero-order chi connectivity index (χ0) is 19.6. The number of carbonyl (C=O) groups excluding carboxylic acids is 1. The highest BCUT2D eigenvalue weighted by Crippen LogP contribution is 2.17. The third kappa shape index (κ3) is 4.12. The maximum atomic E-state index is 14.2. The number of amides is 1. The Balaban J connectivity index is 2.54. The largest absolute Gasteiger partial charge is 0.444 e. The molecule has 0 bridgehead atoms. The van der Waals surface area contributed by atoms with E-state index in [9.17, 15) is 14.0 Å². The highest BCUT2D eigenvalue weighted by atomic mass is 19.1. The molecule has 26 heavy (non-hydrogen) atoms. The van der Waals surface area contributed by atoms with Gasteiger partial charge >= 0.3 is 6.09 Å². The standard InChI is InChI=1S/C18H25FN4O3/c1-7-22(6)23-15(11(2)20-17(25)26-18(3,4)5)21-13-10-8-9-12(19)14(13)16(23)24/h8-11H,7H2,1-6H3,(H,20,25)/t11-/m0/s1. The van der Waals surface area contributed by atoms with Crippen LogP contribution in [0.1, 0.15) is 46.5 Å². The lowest BCUT2D eigenvalue weighted by Crippen LogP contribution is -2.45. The van der Waals surface area contributed by atoms with Gasteiger partial charge in [0, 0.05) is 13.6 Å². The molecule has 0 spiro atoms. The SMILES string of the molecule is CCN(C)n1c([C@H](C)NC(=O)OC(C)(C)C)nc2cccc(F)c2c1=O. The Labute approximate surface area is 151 Å². The van der Waals surface area contributed by atoms with E-state index < -0.39 is 29.1 Å². The van der Waals surface area contributed by atoms with Gasteiger partial charge in [0.2, 0.25) is 0 Å². The number of benzene rings is 1. The fourth-order valence-electron chi connectivity index (χ4n) is 2.50. The van der Waals surface area contributed by atoms with Gasteiger partial charge in [0.15, 0.2) is 5.82 Å². The summed E-state index contributed by atoms with van der Waals surface area (Å²) in [6.07, 6.45) is -0.621. The molecule has 0 radical (unpaired) electrons. The summed E-state index contributed by atoms with van der Waals surface area (Å²) in [4.78, 5) is 29.4. The maximum Gasteiger partial charge on any atom is 0.408 e. The van der Waals surface area contributed by atoms with Crippen molar-refractivity contribution >= 4 is 17.0 Å². The van der Waals surface area contributed by atoms with Crippen molar-refractivity contribution in [3.63, 3.8) is 0 Å². The van der Waals surface area contributed by atoms with Gasteiger partial charge in [-0.15, -0.1) is 0 Å². The molecule has 1 aromatic carbocycles. The number of carbonyl (C=O) groups is 1. The monoisotopic (exact) mass is 364 g/mol. The third-order valence-electron chi connectivity index (χ3n) is 3.77. The van der Waals surface area contributed by atoms with Crippen LogP contribution in [-0.4, -0.2) is 34.9 Å². The van der Waals surface area contributed by atoms with Crippen molar-refractivity contribution in [3.05, 3.63) is 40.2 Å². The third-order valence-corrected chi connectivity index (χ3v) is 3.77. The molecule has 1 aromatic heterocycles. The molecule has 1 N–H and O–H groups in total. The molecule has 0 saturated heterocycles. The fourth-order valence-corrected chi connectivity index (χ4v) is 2.50. The molecule has 7 nitrogen and oxygen atoms in total. The minimum Gasteiger partial charge on any atom is -0.444 e. The van der Waals surface area contributed by atoms with E-state index in [0.29, 0.717) is 12.4 Å². The van der Waals surface area contributed by atoms with Crippen LogP contribution in [0, 0.1) is 5.82 Å². The van der Waals surface area contributed by atoms with E-state index in [4.69, 9.17) is 4.74 Å². The molecule has 0 saturated carbocycles. The zero-order valence-corrected chi connectivity index (χ0v) is 16.0. The first kappa shape index (κ1) is 19.7. The number of nitrogens with zero attached hydrogens (tertiary/aromatic N) is 3. The molecule has 0 aliphatic rings. The smallest absolute Gasteiger partial charge is 0.408 e. The number of aromatic nitrogens is 2. The summed E-state index contributed by atoms with van der Waals surface area (Å²) in [6, 6.07) is 3.66. The van der Waals surface area contributed by atoms with Crippen LogP contribution in [0.25, 0.3) is 10.9 Å². The van der Waals surface area contributed by atoms with Gasteiger partial charge in [-0.05, 0) is 46.8 Å². The molecular weight excluding hydrogens is 339 g/mol. The Morgan fingerprint density at radius 2 is 2.08 bits per heavy atom. The average Bonchev–Trinajstić information content (AvgIpc) is 2.51. The quantitative estimate of drug-likeness (QED) is 0.903. The van der Waals surface area contributed by atoms with Crippen molar-refractivity contribution in [2.45, 2.75) is 46.3 Å². The van der Waals surface area contributed by atoms with Crippen molar-refractivity contribution in [1.29, 1.82) is 0 Å². The first-order chi connectivity index (χ1) is 12.0. The first-order valence-corrected chi connectivity index (χ1v) is 8.47. The van der Waals surface area contributed by atoms with Crippen LogP contribution >= 0.6 is 0 Å². The van der Waals surface area contributed by atoms with E-state index in [-0.39, 0.29) is 10.9 Å². The molecule has 1 amide bonds. The van der Waals surface area contributed by atoms with Crippen LogP contribution in [0.2, 0.25) is 0 Å². The molecule has 1 atom stereocenters. The lowest BCUT2D eigenvalue weighted by atomic mass is 10.2. The van der Waals surface area contributed by atoms with Gasteiger partial charge in [-0.25, -0.2) is 18.8 Å². The highest BCUT2D eigenvalue weighted by molar-refractivity contribution is 5.78. The fraction of sp³-hybridized carbons (Fsp3) is 0.500. The lowest BCUT2D eigenvalue weighted by Gasteiger charge is -2.27. The number of alkyl carbamates (subject to hydrolysis) is 1. The summed E-state index contributed by atoms with van der Waals surface area (Å²) in [7, 11) is 1.69. The summed E-state index contributed by atoms with van der Waals surface area (Å²) < 4.78 is 20.7. The van der Waals surface area contributed by atoms with Crippen LogP contribution in [0.5, 0.6) is 0 Å². The summed E-state index contributed by atoms with van der Waals surface area (Å²) in [6.45, 7) is 9.32. The molecule has 0 fully saturated rings. The molecule has 0 aliphatic heterocycles. The van der Waals surface area contributed by atoms with E-state index in [2.05, 4.69) is 10.3 Å². The van der Waals surface area contributed by atoms with Crippen molar-refractivity contribution in [2.75, 3.05) is 18.6 Å². The molecule has 8 heteroatoms. The predicted octanol–water partition coefficient (Wildman–Crippen LogP) is 2.71. The van der Waals surface area contributed by atoms with Crippen molar-refractivity contribution in [1.82, 2.24) is 15.0 Å². The Hall–Kier alpha value is -2.64. The van der Waals surface area contributed by atoms with Crippen LogP contribution in [0.3, 0.4) is 0 Å². The van der Waals surface area contributed by atoms with Gasteiger partial charge in [-0.3, -0.25) is 4.79 Å². The first-order valence-electron chi connectivity index (χ1n) is 8.47. The van der Waals surface area contributed by atoms with E-state index in [0.717, 1.165) is 0 Å². The Bertz CT molecular complexity index is 873. The van der Waals surface area contributed by atoms with Crippen LogP contribution < -0.4 is 15.9 Å².